The fourth-order valence-corrected chi connectivity index (χ4v) is 2.49. The predicted molar refractivity (Wildman–Crippen MR) is 87.1 cm³/mol. The summed E-state index contributed by atoms with van der Waals surface area (Å²) in [6.07, 6.45) is 0.997. The van der Waals surface area contributed by atoms with E-state index in [9.17, 15) is 9.59 Å². The van der Waals surface area contributed by atoms with Crippen molar-refractivity contribution in [2.45, 2.75) is 39.7 Å². The monoisotopic (exact) mass is 315 g/mol. The molecule has 5 heteroatoms. The summed E-state index contributed by atoms with van der Waals surface area (Å²) in [4.78, 5) is 27.9. The van der Waals surface area contributed by atoms with Crippen molar-refractivity contribution >= 4 is 22.7 Å². The number of rotatable bonds is 6. The van der Waals surface area contributed by atoms with Gasteiger partial charge in [0, 0.05) is 12.3 Å². The van der Waals surface area contributed by atoms with Crippen molar-refractivity contribution in [1.29, 1.82) is 0 Å². The second kappa shape index (κ2) is 7.72. The third-order valence-electron chi connectivity index (χ3n) is 3.42. The highest BCUT2D eigenvalue weighted by atomic mass is 16.5. The van der Waals surface area contributed by atoms with Gasteiger partial charge in [0.25, 0.3) is 0 Å². The second-order valence-corrected chi connectivity index (χ2v) is 5.22. The molecule has 0 saturated carbocycles. The molecule has 0 aliphatic carbocycles. The van der Waals surface area contributed by atoms with Crippen LogP contribution in [0.3, 0.4) is 0 Å². The van der Waals surface area contributed by atoms with Crippen LogP contribution in [0.1, 0.15) is 55.9 Å². The number of benzene rings is 1. The minimum absolute atomic E-state index is 0.230. The Bertz CT molecular complexity index is 711. The molecule has 0 fully saturated rings. The molecule has 1 heterocycles. The largest absolute Gasteiger partial charge is 0.461 e. The molecule has 0 spiro atoms. The van der Waals surface area contributed by atoms with Crippen molar-refractivity contribution < 1.29 is 19.1 Å². The predicted octanol–water partition coefficient (Wildman–Crippen LogP) is 3.82. The maximum Gasteiger partial charge on any atom is 0.356 e. The van der Waals surface area contributed by atoms with E-state index < -0.39 is 12.1 Å². The maximum absolute atomic E-state index is 12.1. The number of hydrogen-bond acceptors (Lipinski definition) is 5. The van der Waals surface area contributed by atoms with Gasteiger partial charge in [0.05, 0.1) is 12.3 Å². The molecular formula is C18H21NO4. The number of pyridine rings is 1. The third kappa shape index (κ3) is 4.06. The topological polar surface area (TPSA) is 65.5 Å². The summed E-state index contributed by atoms with van der Waals surface area (Å²) in [5, 5.41) is 1.74. The highest BCUT2D eigenvalue weighted by Gasteiger charge is 2.21. The van der Waals surface area contributed by atoms with Gasteiger partial charge in [0.2, 0.25) is 0 Å². The molecule has 0 aliphatic heterocycles. The second-order valence-electron chi connectivity index (χ2n) is 5.22. The van der Waals surface area contributed by atoms with E-state index in [0.717, 1.165) is 17.2 Å². The first-order valence-electron chi connectivity index (χ1n) is 7.80. The van der Waals surface area contributed by atoms with E-state index in [1.165, 1.54) is 6.92 Å². The van der Waals surface area contributed by atoms with Crippen molar-refractivity contribution in [3.8, 4) is 0 Å². The molecule has 122 valence electrons. The number of carbonyl (C=O) groups excluding carboxylic acids is 2. The average Bonchev–Trinajstić information content (AvgIpc) is 2.53. The molecule has 0 aliphatic rings. The van der Waals surface area contributed by atoms with Gasteiger partial charge in [0.15, 0.2) is 0 Å². The van der Waals surface area contributed by atoms with Crippen molar-refractivity contribution in [3.63, 3.8) is 0 Å². The molecule has 5 nitrogen and oxygen atoms in total. The summed E-state index contributed by atoms with van der Waals surface area (Å²) in [6, 6.07) is 9.31. The van der Waals surface area contributed by atoms with Crippen LogP contribution in [-0.4, -0.2) is 23.5 Å². The van der Waals surface area contributed by atoms with Crippen LogP contribution in [0.4, 0.5) is 0 Å². The first kappa shape index (κ1) is 16.9. The summed E-state index contributed by atoms with van der Waals surface area (Å²) < 4.78 is 10.5. The van der Waals surface area contributed by atoms with Crippen molar-refractivity contribution in [2.24, 2.45) is 0 Å². The van der Waals surface area contributed by atoms with E-state index >= 15 is 0 Å². The van der Waals surface area contributed by atoms with Gasteiger partial charge in [-0.25, -0.2) is 9.78 Å². The van der Waals surface area contributed by atoms with Gasteiger partial charge in [0.1, 0.15) is 11.8 Å². The Morgan fingerprint density at radius 1 is 1.22 bits per heavy atom. The van der Waals surface area contributed by atoms with Gasteiger partial charge in [-0.1, -0.05) is 37.6 Å². The summed E-state index contributed by atoms with van der Waals surface area (Å²) in [7, 11) is 0. The minimum Gasteiger partial charge on any atom is -0.461 e. The smallest absolute Gasteiger partial charge is 0.356 e. The molecule has 0 N–H and O–H groups in total. The van der Waals surface area contributed by atoms with Crippen molar-refractivity contribution in [2.75, 3.05) is 6.61 Å². The molecular weight excluding hydrogens is 294 g/mol. The molecule has 0 amide bonds. The van der Waals surface area contributed by atoms with E-state index in [-0.39, 0.29) is 18.3 Å². The minimum atomic E-state index is -0.475. The number of nitrogens with zero attached hydrogens (tertiary/aromatic N) is 1. The van der Waals surface area contributed by atoms with Crippen LogP contribution in [-0.2, 0) is 14.3 Å². The molecule has 0 bridgehead atoms. The molecule has 1 atom stereocenters. The third-order valence-corrected chi connectivity index (χ3v) is 3.42. The number of ether oxygens (including phenoxy) is 2. The molecule has 0 radical (unpaired) electrons. The number of carbonyl (C=O) groups is 2. The molecule has 1 aromatic heterocycles. The summed E-state index contributed by atoms with van der Waals surface area (Å²) >= 11 is 0. The Labute approximate surface area is 135 Å². The molecule has 1 unspecified atom stereocenters. The Morgan fingerprint density at radius 2 is 1.96 bits per heavy atom. The van der Waals surface area contributed by atoms with Crippen LogP contribution in [0.25, 0.3) is 10.8 Å². The van der Waals surface area contributed by atoms with Crippen LogP contribution in [0, 0.1) is 0 Å². The first-order chi connectivity index (χ1) is 11.1. The summed E-state index contributed by atoms with van der Waals surface area (Å²) in [6.45, 7) is 5.41. The van der Waals surface area contributed by atoms with Crippen LogP contribution in [0.5, 0.6) is 0 Å². The van der Waals surface area contributed by atoms with E-state index in [2.05, 4.69) is 4.98 Å². The van der Waals surface area contributed by atoms with Crippen LogP contribution >= 0.6 is 0 Å². The fraction of sp³-hybridized carbons (Fsp3) is 0.389. The molecule has 0 saturated heterocycles. The fourth-order valence-electron chi connectivity index (χ4n) is 2.49. The normalized spacial score (nSPS) is 12.0. The van der Waals surface area contributed by atoms with E-state index in [1.54, 1.807) is 13.0 Å². The van der Waals surface area contributed by atoms with Crippen LogP contribution in [0.15, 0.2) is 30.3 Å². The zero-order chi connectivity index (χ0) is 16.8. The molecule has 2 aromatic rings. The summed E-state index contributed by atoms with van der Waals surface area (Å²) in [5.74, 6) is -0.839. The van der Waals surface area contributed by atoms with Gasteiger partial charge < -0.3 is 9.47 Å². The van der Waals surface area contributed by atoms with Crippen molar-refractivity contribution in [1.82, 2.24) is 4.98 Å². The number of hydrogen-bond donors (Lipinski definition) is 0. The van der Waals surface area contributed by atoms with Gasteiger partial charge in [-0.2, -0.15) is 0 Å². The highest BCUT2D eigenvalue weighted by molar-refractivity contribution is 5.94. The highest BCUT2D eigenvalue weighted by Crippen LogP contribution is 2.29. The number of esters is 2. The van der Waals surface area contributed by atoms with Crippen LogP contribution < -0.4 is 0 Å². The van der Waals surface area contributed by atoms with Gasteiger partial charge in [-0.3, -0.25) is 4.79 Å². The van der Waals surface area contributed by atoms with E-state index in [4.69, 9.17) is 9.47 Å². The summed E-state index contributed by atoms with van der Waals surface area (Å²) in [5.41, 5.74) is 0.831. The molecule has 1 aromatic carbocycles. The first-order valence-corrected chi connectivity index (χ1v) is 7.80. The number of fused-ring (bicyclic) bond motifs is 1. The lowest BCUT2D eigenvalue weighted by atomic mass is 10.0. The lowest BCUT2D eigenvalue weighted by Gasteiger charge is -2.18. The molecule has 2 rings (SSSR count). The van der Waals surface area contributed by atoms with Crippen molar-refractivity contribution in [3.05, 3.63) is 41.7 Å². The Hall–Kier alpha value is -2.43. The standard InChI is InChI=1S/C18H21NO4/c1-4-8-16(23-12(3)20)17-14-10-7-6-9-13(14)11-15(19-17)18(21)22-5-2/h6-7,9-11,16H,4-5,8H2,1-3H3. The van der Waals surface area contributed by atoms with E-state index in [1.807, 2.05) is 31.2 Å². The maximum atomic E-state index is 12.1. The van der Waals surface area contributed by atoms with E-state index in [0.29, 0.717) is 12.1 Å². The van der Waals surface area contributed by atoms with Gasteiger partial charge in [-0.15, -0.1) is 0 Å². The quantitative estimate of drug-likeness (QED) is 0.758. The zero-order valence-electron chi connectivity index (χ0n) is 13.7. The number of aromatic nitrogens is 1. The Morgan fingerprint density at radius 3 is 2.61 bits per heavy atom. The van der Waals surface area contributed by atoms with Crippen LogP contribution in [0.2, 0.25) is 0 Å². The Balaban J connectivity index is 2.58. The zero-order valence-corrected chi connectivity index (χ0v) is 13.7. The Kier molecular flexibility index (Phi) is 5.68. The average molecular weight is 315 g/mol. The lowest BCUT2D eigenvalue weighted by molar-refractivity contribution is -0.147. The van der Waals surface area contributed by atoms with Gasteiger partial charge in [-0.05, 0) is 24.8 Å². The lowest BCUT2D eigenvalue weighted by Crippen LogP contribution is -2.14. The molecule has 23 heavy (non-hydrogen) atoms. The van der Waals surface area contributed by atoms with Gasteiger partial charge >= 0.3 is 11.9 Å². The SMILES string of the molecule is CCCC(OC(C)=O)c1nc(C(=O)OCC)cc2ccccc12.